The van der Waals surface area contributed by atoms with Crippen LogP contribution in [0.2, 0.25) is 0 Å². The molecule has 5 nitrogen and oxygen atoms in total. The summed E-state index contributed by atoms with van der Waals surface area (Å²) in [6.45, 7) is 1.74. The van der Waals surface area contributed by atoms with Crippen LogP contribution in [0.3, 0.4) is 0 Å². The number of nitrogens with one attached hydrogen (secondary N) is 1. The number of nitrogens with zero attached hydrogens (tertiary/aromatic N) is 1. The van der Waals surface area contributed by atoms with Gasteiger partial charge in [0.05, 0.1) is 13.2 Å². The van der Waals surface area contributed by atoms with Crippen molar-refractivity contribution in [1.29, 1.82) is 5.26 Å². The Kier molecular flexibility index (Phi) is 5.55. The van der Waals surface area contributed by atoms with Crippen molar-refractivity contribution >= 4 is 11.9 Å². The van der Waals surface area contributed by atoms with Crippen molar-refractivity contribution in [1.82, 2.24) is 5.32 Å². The van der Waals surface area contributed by atoms with Crippen LogP contribution in [0.5, 0.6) is 0 Å². The third-order valence-corrected chi connectivity index (χ3v) is 2.74. The fraction of sp³-hybridized carbons (Fsp3) is 0.357. The molecule has 1 N–H and O–H groups in total. The van der Waals surface area contributed by atoms with Crippen molar-refractivity contribution in [2.24, 2.45) is 5.92 Å². The first-order valence-corrected chi connectivity index (χ1v) is 5.96. The highest BCUT2D eigenvalue weighted by atomic mass is 16.5. The lowest BCUT2D eigenvalue weighted by Gasteiger charge is -2.18. The van der Waals surface area contributed by atoms with Gasteiger partial charge in [-0.1, -0.05) is 37.3 Å². The quantitative estimate of drug-likeness (QED) is 0.815. The number of hydrogen-bond donors (Lipinski definition) is 1. The maximum absolute atomic E-state index is 11.9. The Morgan fingerprint density at radius 3 is 2.47 bits per heavy atom. The van der Waals surface area contributed by atoms with Gasteiger partial charge in [0, 0.05) is 0 Å². The minimum Gasteiger partial charge on any atom is -0.467 e. The lowest BCUT2D eigenvalue weighted by Crippen LogP contribution is -2.37. The molecule has 0 bridgehead atoms. The maximum atomic E-state index is 11.9. The normalized spacial score (nSPS) is 12.9. The molecule has 1 aromatic rings. The fourth-order valence-corrected chi connectivity index (χ4v) is 1.62. The summed E-state index contributed by atoms with van der Waals surface area (Å²) in [5.74, 6) is -1.80. The Morgan fingerprint density at radius 2 is 2.00 bits per heavy atom. The standard InChI is InChI=1S/C14H16N2O3/c1-3-10(9-15)13(17)16-12(14(18)19-2)11-7-5-4-6-8-11/h4-8,10,12H,3H2,1-2H3,(H,16,17)/t10-,12-/m0/s1. The van der Waals surface area contributed by atoms with Gasteiger partial charge in [-0.3, -0.25) is 4.79 Å². The molecule has 2 atom stereocenters. The van der Waals surface area contributed by atoms with Gasteiger partial charge in [0.25, 0.3) is 0 Å². The Labute approximate surface area is 112 Å². The highest BCUT2D eigenvalue weighted by Crippen LogP contribution is 2.15. The first-order chi connectivity index (χ1) is 9.13. The molecule has 0 saturated heterocycles. The van der Waals surface area contributed by atoms with Gasteiger partial charge in [0.1, 0.15) is 5.92 Å². The molecular formula is C14H16N2O3. The predicted octanol–water partition coefficient (Wildman–Crippen LogP) is 1.57. The van der Waals surface area contributed by atoms with Crippen LogP contribution in [0.1, 0.15) is 24.9 Å². The summed E-state index contributed by atoms with van der Waals surface area (Å²) < 4.78 is 4.68. The smallest absolute Gasteiger partial charge is 0.333 e. The number of esters is 1. The Hall–Kier alpha value is -2.35. The fourth-order valence-electron chi connectivity index (χ4n) is 1.62. The van der Waals surface area contributed by atoms with E-state index < -0.39 is 23.8 Å². The SMILES string of the molecule is CC[C@@H](C#N)C(=O)N[C@H](C(=O)OC)c1ccccc1. The van der Waals surface area contributed by atoms with Crippen molar-refractivity contribution < 1.29 is 14.3 Å². The lowest BCUT2D eigenvalue weighted by molar-refractivity contribution is -0.145. The first kappa shape index (κ1) is 14.7. The number of benzene rings is 1. The van der Waals surface area contributed by atoms with Crippen LogP contribution in [0.4, 0.5) is 0 Å². The molecule has 0 heterocycles. The van der Waals surface area contributed by atoms with Crippen LogP contribution in [0, 0.1) is 17.2 Å². The maximum Gasteiger partial charge on any atom is 0.333 e. The number of amides is 1. The second-order valence-electron chi connectivity index (χ2n) is 3.97. The number of nitriles is 1. The molecule has 0 fully saturated rings. The molecule has 1 amide bonds. The number of ether oxygens (including phenoxy) is 1. The van der Waals surface area contributed by atoms with Gasteiger partial charge < -0.3 is 10.1 Å². The van der Waals surface area contributed by atoms with Crippen molar-refractivity contribution in [3.63, 3.8) is 0 Å². The average molecular weight is 260 g/mol. The van der Waals surface area contributed by atoms with Gasteiger partial charge in [0.15, 0.2) is 6.04 Å². The second-order valence-corrected chi connectivity index (χ2v) is 3.97. The summed E-state index contributed by atoms with van der Waals surface area (Å²) in [4.78, 5) is 23.6. The molecule has 0 radical (unpaired) electrons. The second kappa shape index (κ2) is 7.17. The van der Waals surface area contributed by atoms with Crippen LogP contribution in [-0.4, -0.2) is 19.0 Å². The molecule has 0 unspecified atom stereocenters. The first-order valence-electron chi connectivity index (χ1n) is 5.96. The number of methoxy groups -OCH3 is 1. The topological polar surface area (TPSA) is 79.2 Å². The van der Waals surface area contributed by atoms with Gasteiger partial charge >= 0.3 is 5.97 Å². The lowest BCUT2D eigenvalue weighted by atomic mass is 10.0. The van der Waals surface area contributed by atoms with E-state index in [0.717, 1.165) is 0 Å². The van der Waals surface area contributed by atoms with Crippen LogP contribution >= 0.6 is 0 Å². The molecule has 0 aliphatic heterocycles. The predicted molar refractivity (Wildman–Crippen MR) is 68.7 cm³/mol. The number of carbonyl (C=O) groups is 2. The Morgan fingerprint density at radius 1 is 1.37 bits per heavy atom. The van der Waals surface area contributed by atoms with Crippen molar-refractivity contribution in [2.45, 2.75) is 19.4 Å². The van der Waals surface area contributed by atoms with Crippen LogP contribution in [-0.2, 0) is 14.3 Å². The molecule has 0 spiro atoms. The molecule has 5 heteroatoms. The molecule has 19 heavy (non-hydrogen) atoms. The van der Waals surface area contributed by atoms with Crippen LogP contribution < -0.4 is 5.32 Å². The molecule has 0 aliphatic rings. The molecule has 0 saturated carbocycles. The van der Waals surface area contributed by atoms with Gasteiger partial charge in [-0.2, -0.15) is 5.26 Å². The van der Waals surface area contributed by atoms with Gasteiger partial charge in [0.2, 0.25) is 5.91 Å². The summed E-state index contributed by atoms with van der Waals surface area (Å²) in [6, 6.07) is 9.78. The van der Waals surface area contributed by atoms with E-state index in [1.165, 1.54) is 7.11 Å². The molecule has 100 valence electrons. The molecular weight excluding hydrogens is 244 g/mol. The summed E-state index contributed by atoms with van der Waals surface area (Å²) in [5.41, 5.74) is 0.621. The summed E-state index contributed by atoms with van der Waals surface area (Å²) in [7, 11) is 1.26. The number of hydrogen-bond acceptors (Lipinski definition) is 4. The minimum absolute atomic E-state index is 0.394. The largest absolute Gasteiger partial charge is 0.467 e. The molecule has 1 rings (SSSR count). The number of carbonyl (C=O) groups excluding carboxylic acids is 2. The van der Waals surface area contributed by atoms with Gasteiger partial charge in [-0.25, -0.2) is 4.79 Å². The molecule has 1 aromatic carbocycles. The van der Waals surface area contributed by atoms with Crippen molar-refractivity contribution in [3.8, 4) is 6.07 Å². The van der Waals surface area contributed by atoms with Gasteiger partial charge in [-0.15, -0.1) is 0 Å². The minimum atomic E-state index is -0.888. The van der Waals surface area contributed by atoms with E-state index in [-0.39, 0.29) is 0 Å². The molecule has 0 aromatic heterocycles. The summed E-state index contributed by atoms with van der Waals surface area (Å²) >= 11 is 0. The monoisotopic (exact) mass is 260 g/mol. The molecule has 0 aliphatic carbocycles. The zero-order chi connectivity index (χ0) is 14.3. The van der Waals surface area contributed by atoms with Crippen molar-refractivity contribution in [2.75, 3.05) is 7.11 Å². The van der Waals surface area contributed by atoms with Crippen LogP contribution in [0.15, 0.2) is 30.3 Å². The Balaban J connectivity index is 2.92. The van der Waals surface area contributed by atoms with Crippen LogP contribution in [0.25, 0.3) is 0 Å². The highest BCUT2D eigenvalue weighted by molar-refractivity contribution is 5.87. The average Bonchev–Trinajstić information content (AvgIpc) is 2.46. The zero-order valence-corrected chi connectivity index (χ0v) is 10.9. The van der Waals surface area contributed by atoms with E-state index in [4.69, 9.17) is 5.26 Å². The van der Waals surface area contributed by atoms with E-state index in [1.807, 2.05) is 12.1 Å². The third kappa shape index (κ3) is 3.81. The van der Waals surface area contributed by atoms with E-state index in [9.17, 15) is 9.59 Å². The zero-order valence-electron chi connectivity index (χ0n) is 10.9. The number of rotatable bonds is 5. The Bertz CT molecular complexity index is 479. The van der Waals surface area contributed by atoms with E-state index in [0.29, 0.717) is 12.0 Å². The van der Waals surface area contributed by atoms with E-state index in [2.05, 4.69) is 10.1 Å². The summed E-state index contributed by atoms with van der Waals surface area (Å²) in [6.07, 6.45) is 0.394. The summed E-state index contributed by atoms with van der Waals surface area (Å²) in [5, 5.41) is 11.4. The third-order valence-electron chi connectivity index (χ3n) is 2.74. The van der Waals surface area contributed by atoms with E-state index in [1.54, 1.807) is 31.2 Å². The van der Waals surface area contributed by atoms with Crippen molar-refractivity contribution in [3.05, 3.63) is 35.9 Å². The van der Waals surface area contributed by atoms with E-state index >= 15 is 0 Å². The van der Waals surface area contributed by atoms with Gasteiger partial charge in [-0.05, 0) is 12.0 Å². The highest BCUT2D eigenvalue weighted by Gasteiger charge is 2.26.